The number of halogens is 1. The SMILES string of the molecule is CCc1ccc(CN(C)C(=O)c2ccc(Br)o2)cc1. The van der Waals surface area contributed by atoms with Crippen molar-refractivity contribution < 1.29 is 9.21 Å². The smallest absolute Gasteiger partial charge is 0.289 e. The number of carbonyl (C=O) groups excluding carboxylic acids is 1. The van der Waals surface area contributed by atoms with Crippen LogP contribution in [0.2, 0.25) is 0 Å². The summed E-state index contributed by atoms with van der Waals surface area (Å²) in [5.74, 6) is 0.227. The van der Waals surface area contributed by atoms with Gasteiger partial charge in [-0.25, -0.2) is 0 Å². The van der Waals surface area contributed by atoms with E-state index in [1.807, 2.05) is 0 Å². The van der Waals surface area contributed by atoms with Gasteiger partial charge < -0.3 is 9.32 Å². The van der Waals surface area contributed by atoms with Gasteiger partial charge in [0.15, 0.2) is 10.4 Å². The Hall–Kier alpha value is -1.55. The third-order valence-electron chi connectivity index (χ3n) is 2.98. The zero-order valence-electron chi connectivity index (χ0n) is 11.0. The molecule has 0 bridgehead atoms. The summed E-state index contributed by atoms with van der Waals surface area (Å²) in [5, 5.41) is 0. The molecule has 1 heterocycles. The van der Waals surface area contributed by atoms with Gasteiger partial charge >= 0.3 is 0 Å². The molecule has 0 saturated carbocycles. The van der Waals surface area contributed by atoms with Crippen LogP contribution in [0.4, 0.5) is 0 Å². The number of benzene rings is 1. The van der Waals surface area contributed by atoms with E-state index in [4.69, 9.17) is 4.42 Å². The lowest BCUT2D eigenvalue weighted by atomic mass is 10.1. The standard InChI is InChI=1S/C15H16BrNO2/c1-3-11-4-6-12(7-5-11)10-17(2)15(18)13-8-9-14(16)19-13/h4-9H,3,10H2,1-2H3. The number of hydrogen-bond acceptors (Lipinski definition) is 2. The van der Waals surface area contributed by atoms with Crippen LogP contribution in [0.25, 0.3) is 0 Å². The first-order valence-electron chi connectivity index (χ1n) is 6.18. The van der Waals surface area contributed by atoms with E-state index in [0.717, 1.165) is 12.0 Å². The zero-order chi connectivity index (χ0) is 13.8. The molecule has 0 radical (unpaired) electrons. The van der Waals surface area contributed by atoms with Crippen LogP contribution in [0.15, 0.2) is 45.5 Å². The van der Waals surface area contributed by atoms with Gasteiger partial charge in [0.1, 0.15) is 0 Å². The summed E-state index contributed by atoms with van der Waals surface area (Å²) < 4.78 is 5.83. The lowest BCUT2D eigenvalue weighted by Gasteiger charge is -2.16. The second kappa shape index (κ2) is 6.06. The van der Waals surface area contributed by atoms with Gasteiger partial charge in [0.2, 0.25) is 0 Å². The maximum Gasteiger partial charge on any atom is 0.289 e. The van der Waals surface area contributed by atoms with Crippen LogP contribution in [0.5, 0.6) is 0 Å². The molecule has 0 aliphatic heterocycles. The van der Waals surface area contributed by atoms with Crippen LogP contribution >= 0.6 is 15.9 Å². The molecule has 100 valence electrons. The third kappa shape index (κ3) is 3.47. The molecule has 2 rings (SSSR count). The second-order valence-corrected chi connectivity index (χ2v) is 5.22. The minimum atomic E-state index is -0.120. The highest BCUT2D eigenvalue weighted by atomic mass is 79.9. The Balaban J connectivity index is 2.03. The minimum Gasteiger partial charge on any atom is -0.444 e. The average molecular weight is 322 g/mol. The predicted octanol–water partition coefficient (Wildman–Crippen LogP) is 3.88. The zero-order valence-corrected chi connectivity index (χ0v) is 12.6. The quantitative estimate of drug-likeness (QED) is 0.856. The van der Waals surface area contributed by atoms with Crippen molar-refractivity contribution in [2.24, 2.45) is 0 Å². The Morgan fingerprint density at radius 1 is 1.16 bits per heavy atom. The number of hydrogen-bond donors (Lipinski definition) is 0. The molecule has 1 aromatic carbocycles. The van der Waals surface area contributed by atoms with E-state index in [9.17, 15) is 4.79 Å². The van der Waals surface area contributed by atoms with Crippen molar-refractivity contribution in [3.63, 3.8) is 0 Å². The Labute approximate surface area is 121 Å². The average Bonchev–Trinajstić information content (AvgIpc) is 2.85. The maximum absolute atomic E-state index is 12.1. The normalized spacial score (nSPS) is 10.5. The third-order valence-corrected chi connectivity index (χ3v) is 3.41. The van der Waals surface area contributed by atoms with Crippen LogP contribution in [0, 0.1) is 0 Å². The second-order valence-electron chi connectivity index (χ2n) is 4.44. The van der Waals surface area contributed by atoms with E-state index < -0.39 is 0 Å². The molecule has 0 aliphatic rings. The molecule has 0 atom stereocenters. The van der Waals surface area contributed by atoms with Crippen molar-refractivity contribution in [3.05, 3.63) is 58.0 Å². The van der Waals surface area contributed by atoms with Gasteiger partial charge in [-0.15, -0.1) is 0 Å². The van der Waals surface area contributed by atoms with Crippen molar-refractivity contribution in [2.45, 2.75) is 19.9 Å². The van der Waals surface area contributed by atoms with E-state index in [2.05, 4.69) is 47.1 Å². The molecule has 0 fully saturated rings. The Bertz CT molecular complexity index is 560. The summed E-state index contributed by atoms with van der Waals surface area (Å²) in [5.41, 5.74) is 2.41. The molecule has 1 aromatic heterocycles. The number of aryl methyl sites for hydroxylation is 1. The highest BCUT2D eigenvalue weighted by Crippen LogP contribution is 2.16. The van der Waals surface area contributed by atoms with Gasteiger partial charge in [0.25, 0.3) is 5.91 Å². The molecule has 0 aliphatic carbocycles. The summed E-state index contributed by atoms with van der Waals surface area (Å²) in [6, 6.07) is 11.7. The fourth-order valence-corrected chi connectivity index (χ4v) is 2.15. The molecule has 0 spiro atoms. The number of rotatable bonds is 4. The van der Waals surface area contributed by atoms with Gasteiger partial charge in [-0.2, -0.15) is 0 Å². The van der Waals surface area contributed by atoms with E-state index >= 15 is 0 Å². The molecule has 0 N–H and O–H groups in total. The maximum atomic E-state index is 12.1. The summed E-state index contributed by atoms with van der Waals surface area (Å²) in [6.45, 7) is 2.70. The van der Waals surface area contributed by atoms with E-state index in [1.54, 1.807) is 24.1 Å². The number of carbonyl (C=O) groups is 1. The van der Waals surface area contributed by atoms with Gasteiger partial charge in [0.05, 0.1) is 0 Å². The first kappa shape index (κ1) is 13.9. The highest BCUT2D eigenvalue weighted by molar-refractivity contribution is 9.10. The largest absolute Gasteiger partial charge is 0.444 e. The summed E-state index contributed by atoms with van der Waals surface area (Å²) in [4.78, 5) is 13.7. The van der Waals surface area contributed by atoms with Gasteiger partial charge in [0, 0.05) is 13.6 Å². The molecule has 4 heteroatoms. The van der Waals surface area contributed by atoms with Crippen LogP contribution in [-0.4, -0.2) is 17.9 Å². The lowest BCUT2D eigenvalue weighted by Crippen LogP contribution is -2.25. The summed E-state index contributed by atoms with van der Waals surface area (Å²) in [6.07, 6.45) is 1.02. The molecule has 2 aromatic rings. The van der Waals surface area contributed by atoms with Gasteiger partial charge in [-0.05, 0) is 45.6 Å². The van der Waals surface area contributed by atoms with E-state index in [-0.39, 0.29) is 5.91 Å². The van der Waals surface area contributed by atoms with E-state index in [1.165, 1.54) is 5.56 Å². The Morgan fingerprint density at radius 3 is 2.32 bits per heavy atom. The van der Waals surface area contributed by atoms with Gasteiger partial charge in [-0.1, -0.05) is 31.2 Å². The molecule has 0 saturated heterocycles. The molecule has 19 heavy (non-hydrogen) atoms. The monoisotopic (exact) mass is 321 g/mol. The number of amides is 1. The molecular formula is C15H16BrNO2. The van der Waals surface area contributed by atoms with Crippen LogP contribution in [0.1, 0.15) is 28.6 Å². The fourth-order valence-electron chi connectivity index (χ4n) is 1.84. The summed E-state index contributed by atoms with van der Waals surface area (Å²) in [7, 11) is 1.77. The fraction of sp³-hybridized carbons (Fsp3) is 0.267. The van der Waals surface area contributed by atoms with Gasteiger partial charge in [-0.3, -0.25) is 4.79 Å². The Kier molecular flexibility index (Phi) is 4.43. The number of furan rings is 1. The minimum absolute atomic E-state index is 0.120. The topological polar surface area (TPSA) is 33.5 Å². The highest BCUT2D eigenvalue weighted by Gasteiger charge is 2.15. The number of nitrogens with zero attached hydrogens (tertiary/aromatic N) is 1. The molecular weight excluding hydrogens is 306 g/mol. The molecule has 0 unspecified atom stereocenters. The van der Waals surface area contributed by atoms with Crippen molar-refractivity contribution in [1.29, 1.82) is 0 Å². The van der Waals surface area contributed by atoms with Crippen LogP contribution in [-0.2, 0) is 13.0 Å². The van der Waals surface area contributed by atoms with Crippen LogP contribution in [0.3, 0.4) is 0 Å². The van der Waals surface area contributed by atoms with Crippen molar-refractivity contribution >= 4 is 21.8 Å². The Morgan fingerprint density at radius 2 is 1.79 bits per heavy atom. The van der Waals surface area contributed by atoms with Crippen molar-refractivity contribution in [3.8, 4) is 0 Å². The lowest BCUT2D eigenvalue weighted by molar-refractivity contribution is 0.0752. The first-order valence-corrected chi connectivity index (χ1v) is 6.98. The van der Waals surface area contributed by atoms with Crippen molar-refractivity contribution in [2.75, 3.05) is 7.05 Å². The van der Waals surface area contributed by atoms with Crippen molar-refractivity contribution in [1.82, 2.24) is 4.90 Å². The molecule has 3 nitrogen and oxygen atoms in total. The first-order chi connectivity index (χ1) is 9.10. The summed E-state index contributed by atoms with van der Waals surface area (Å²) >= 11 is 3.19. The van der Waals surface area contributed by atoms with E-state index in [0.29, 0.717) is 17.0 Å². The van der Waals surface area contributed by atoms with Crippen LogP contribution < -0.4 is 0 Å². The molecule has 1 amide bonds. The predicted molar refractivity (Wildman–Crippen MR) is 78.0 cm³/mol.